The third-order valence-electron chi connectivity index (χ3n) is 3.47. The molecule has 1 saturated heterocycles. The third-order valence-corrected chi connectivity index (χ3v) is 3.47. The van der Waals surface area contributed by atoms with Crippen LogP contribution in [0.4, 0.5) is 4.39 Å². The van der Waals surface area contributed by atoms with Crippen LogP contribution < -0.4 is 0 Å². The molecular formula is C14H18FN3O. The minimum absolute atomic E-state index is 0.191. The lowest BCUT2D eigenvalue weighted by atomic mass is 10.1. The molecule has 1 heterocycles. The molecule has 0 atom stereocenters. The molecule has 1 N–H and O–H groups in total. The molecule has 0 aromatic heterocycles. The predicted molar refractivity (Wildman–Crippen MR) is 69.9 cm³/mol. The summed E-state index contributed by atoms with van der Waals surface area (Å²) in [5, 5.41) is 17.9. The molecule has 0 unspecified atom stereocenters. The molecule has 0 saturated carbocycles. The maximum absolute atomic E-state index is 13.1. The molecule has 1 aromatic carbocycles. The number of halogens is 1. The zero-order chi connectivity index (χ0) is 13.7. The molecule has 0 aliphatic carbocycles. The Morgan fingerprint density at radius 2 is 1.89 bits per heavy atom. The molecule has 1 aliphatic heterocycles. The van der Waals surface area contributed by atoms with Crippen molar-refractivity contribution in [1.82, 2.24) is 9.80 Å². The first-order chi connectivity index (χ1) is 9.22. The fourth-order valence-corrected chi connectivity index (χ4v) is 2.34. The number of hydrogen-bond acceptors (Lipinski definition) is 4. The van der Waals surface area contributed by atoms with Crippen LogP contribution in [0.2, 0.25) is 0 Å². The zero-order valence-corrected chi connectivity index (χ0v) is 10.8. The summed E-state index contributed by atoms with van der Waals surface area (Å²) in [5.41, 5.74) is 1.29. The number of β-amino-alcohol motifs (C(OH)–C–C–N with tert-alkyl or cyclic N) is 1. The maximum Gasteiger partial charge on any atom is 0.124 e. The largest absolute Gasteiger partial charge is 0.395 e. The van der Waals surface area contributed by atoms with Gasteiger partial charge in [-0.25, -0.2) is 4.39 Å². The Labute approximate surface area is 112 Å². The van der Waals surface area contributed by atoms with Crippen molar-refractivity contribution in [2.75, 3.05) is 39.3 Å². The van der Waals surface area contributed by atoms with Crippen molar-refractivity contribution in [1.29, 1.82) is 5.26 Å². The van der Waals surface area contributed by atoms with Gasteiger partial charge >= 0.3 is 0 Å². The number of piperazine rings is 1. The van der Waals surface area contributed by atoms with Gasteiger partial charge < -0.3 is 5.11 Å². The highest BCUT2D eigenvalue weighted by Crippen LogP contribution is 2.14. The molecule has 19 heavy (non-hydrogen) atoms. The van der Waals surface area contributed by atoms with Crippen LogP contribution in [0, 0.1) is 17.1 Å². The van der Waals surface area contributed by atoms with E-state index in [-0.39, 0.29) is 12.4 Å². The van der Waals surface area contributed by atoms with Crippen molar-refractivity contribution in [3.8, 4) is 6.07 Å². The molecule has 0 amide bonds. The van der Waals surface area contributed by atoms with Gasteiger partial charge in [-0.15, -0.1) is 0 Å². The predicted octanol–water partition coefficient (Wildman–Crippen LogP) is 0.807. The summed E-state index contributed by atoms with van der Waals surface area (Å²) in [6.45, 7) is 5.23. The maximum atomic E-state index is 13.1. The highest BCUT2D eigenvalue weighted by atomic mass is 19.1. The summed E-state index contributed by atoms with van der Waals surface area (Å²) >= 11 is 0. The number of rotatable bonds is 4. The Morgan fingerprint density at radius 1 is 1.21 bits per heavy atom. The molecule has 102 valence electrons. The fourth-order valence-electron chi connectivity index (χ4n) is 2.34. The van der Waals surface area contributed by atoms with E-state index in [4.69, 9.17) is 10.4 Å². The standard InChI is InChI=1S/C14H18FN3O/c15-14-2-1-12(13(9-14)10-16)11-18-5-3-17(4-6-18)7-8-19/h1-2,9,19H,3-8,11H2. The van der Waals surface area contributed by atoms with Crippen molar-refractivity contribution >= 4 is 0 Å². The third kappa shape index (κ3) is 3.74. The molecule has 4 nitrogen and oxygen atoms in total. The molecule has 1 aromatic rings. The first-order valence-corrected chi connectivity index (χ1v) is 6.47. The van der Waals surface area contributed by atoms with E-state index in [9.17, 15) is 4.39 Å². The summed E-state index contributed by atoms with van der Waals surface area (Å²) in [4.78, 5) is 4.47. The van der Waals surface area contributed by atoms with Gasteiger partial charge in [0.1, 0.15) is 5.82 Å². The Morgan fingerprint density at radius 3 is 2.53 bits per heavy atom. The van der Waals surface area contributed by atoms with Crippen molar-refractivity contribution in [2.45, 2.75) is 6.54 Å². The Kier molecular flexibility index (Phi) is 4.86. The molecular weight excluding hydrogens is 245 g/mol. The Bertz CT molecular complexity index is 464. The Hall–Kier alpha value is -1.48. The summed E-state index contributed by atoms with van der Waals surface area (Å²) in [6.07, 6.45) is 0. The normalized spacial score (nSPS) is 17.3. The van der Waals surface area contributed by atoms with Crippen LogP contribution >= 0.6 is 0 Å². The summed E-state index contributed by atoms with van der Waals surface area (Å²) in [5.74, 6) is -0.368. The SMILES string of the molecule is N#Cc1cc(F)ccc1CN1CCN(CCO)CC1. The van der Waals surface area contributed by atoms with Gasteiger partial charge in [-0.1, -0.05) is 6.07 Å². The molecule has 2 rings (SSSR count). The second-order valence-electron chi connectivity index (χ2n) is 4.75. The lowest BCUT2D eigenvalue weighted by Crippen LogP contribution is -2.46. The average molecular weight is 263 g/mol. The fraction of sp³-hybridized carbons (Fsp3) is 0.500. The van der Waals surface area contributed by atoms with Crippen LogP contribution in [0.1, 0.15) is 11.1 Å². The van der Waals surface area contributed by atoms with Crippen LogP contribution in [0.3, 0.4) is 0 Å². The van der Waals surface area contributed by atoms with E-state index in [1.165, 1.54) is 12.1 Å². The molecule has 0 radical (unpaired) electrons. The lowest BCUT2D eigenvalue weighted by Gasteiger charge is -2.34. The first kappa shape index (κ1) is 13.9. The smallest absolute Gasteiger partial charge is 0.124 e. The first-order valence-electron chi connectivity index (χ1n) is 6.47. The van der Waals surface area contributed by atoms with Crippen LogP contribution in [0.25, 0.3) is 0 Å². The van der Waals surface area contributed by atoms with Gasteiger partial charge in [-0.05, 0) is 17.7 Å². The minimum atomic E-state index is -0.368. The van der Waals surface area contributed by atoms with Crippen molar-refractivity contribution in [3.05, 3.63) is 35.1 Å². The van der Waals surface area contributed by atoms with Crippen molar-refractivity contribution in [2.24, 2.45) is 0 Å². The second kappa shape index (κ2) is 6.62. The van der Waals surface area contributed by atoms with Crippen molar-refractivity contribution in [3.63, 3.8) is 0 Å². The minimum Gasteiger partial charge on any atom is -0.395 e. The van der Waals surface area contributed by atoms with E-state index in [0.717, 1.165) is 31.7 Å². The zero-order valence-electron chi connectivity index (χ0n) is 10.8. The van der Waals surface area contributed by atoms with Gasteiger partial charge in [-0.2, -0.15) is 5.26 Å². The van der Waals surface area contributed by atoms with Gasteiger partial charge in [0, 0.05) is 39.3 Å². The van der Waals surface area contributed by atoms with E-state index in [1.54, 1.807) is 6.07 Å². The number of benzene rings is 1. The monoisotopic (exact) mass is 263 g/mol. The Balaban J connectivity index is 1.94. The van der Waals surface area contributed by atoms with E-state index < -0.39 is 0 Å². The molecule has 1 aliphatic rings. The number of aliphatic hydroxyl groups is 1. The van der Waals surface area contributed by atoms with Crippen molar-refractivity contribution < 1.29 is 9.50 Å². The van der Waals surface area contributed by atoms with E-state index in [2.05, 4.69) is 9.80 Å². The number of nitrogens with zero attached hydrogens (tertiary/aromatic N) is 3. The van der Waals surface area contributed by atoms with Gasteiger partial charge in [0.25, 0.3) is 0 Å². The number of nitriles is 1. The van der Waals surface area contributed by atoms with Gasteiger partial charge in [0.15, 0.2) is 0 Å². The highest BCUT2D eigenvalue weighted by molar-refractivity contribution is 5.37. The van der Waals surface area contributed by atoms with E-state index in [0.29, 0.717) is 18.7 Å². The molecule has 5 heteroatoms. The molecule has 0 spiro atoms. The summed E-state index contributed by atoms with van der Waals surface area (Å²) in [7, 11) is 0. The highest BCUT2D eigenvalue weighted by Gasteiger charge is 2.17. The molecule has 1 fully saturated rings. The van der Waals surface area contributed by atoms with E-state index >= 15 is 0 Å². The van der Waals surface area contributed by atoms with Gasteiger partial charge in [-0.3, -0.25) is 9.80 Å². The lowest BCUT2D eigenvalue weighted by molar-refractivity contribution is 0.108. The van der Waals surface area contributed by atoms with Gasteiger partial charge in [0.05, 0.1) is 18.2 Å². The van der Waals surface area contributed by atoms with Crippen LogP contribution in [0.5, 0.6) is 0 Å². The van der Waals surface area contributed by atoms with Gasteiger partial charge in [0.2, 0.25) is 0 Å². The summed E-state index contributed by atoms with van der Waals surface area (Å²) < 4.78 is 13.1. The second-order valence-corrected chi connectivity index (χ2v) is 4.75. The van der Waals surface area contributed by atoms with Crippen LogP contribution in [0.15, 0.2) is 18.2 Å². The van der Waals surface area contributed by atoms with Crippen LogP contribution in [-0.2, 0) is 6.54 Å². The quantitative estimate of drug-likeness (QED) is 0.873. The summed E-state index contributed by atoms with van der Waals surface area (Å²) in [6, 6.07) is 6.42. The van der Waals surface area contributed by atoms with E-state index in [1.807, 2.05) is 6.07 Å². The van der Waals surface area contributed by atoms with Crippen LogP contribution in [-0.4, -0.2) is 54.2 Å². The number of aliphatic hydroxyl groups excluding tert-OH is 1. The average Bonchev–Trinajstić information content (AvgIpc) is 2.43. The molecule has 0 bridgehead atoms. The number of hydrogen-bond donors (Lipinski definition) is 1. The topological polar surface area (TPSA) is 50.5 Å².